The number of nitrogens with one attached hydrogen (secondary N) is 1. The molecule has 0 radical (unpaired) electrons. The summed E-state index contributed by atoms with van der Waals surface area (Å²) in [6, 6.07) is 13.0. The Kier molecular flexibility index (Phi) is 5.51. The summed E-state index contributed by atoms with van der Waals surface area (Å²) in [5.41, 5.74) is 1.10. The van der Waals surface area contributed by atoms with E-state index in [1.807, 2.05) is 37.3 Å². The number of ether oxygens (including phenoxy) is 1. The zero-order chi connectivity index (χ0) is 16.0. The first-order chi connectivity index (χ1) is 10.5. The lowest BCUT2D eigenvalue weighted by Gasteiger charge is -2.16. The van der Waals surface area contributed by atoms with Gasteiger partial charge in [-0.05, 0) is 24.6 Å². The summed E-state index contributed by atoms with van der Waals surface area (Å²) in [7, 11) is -3.31. The molecule has 1 aromatic heterocycles. The summed E-state index contributed by atoms with van der Waals surface area (Å²) in [6.07, 6.45) is 2.74. The Balaban J connectivity index is 1.91. The predicted molar refractivity (Wildman–Crippen MR) is 86.5 cm³/mol. The van der Waals surface area contributed by atoms with Crippen LogP contribution in [0.2, 0.25) is 0 Å². The van der Waals surface area contributed by atoms with Crippen molar-refractivity contribution in [1.82, 2.24) is 4.98 Å². The molecule has 1 N–H and O–H groups in total. The lowest BCUT2D eigenvalue weighted by Crippen LogP contribution is -2.23. The molecule has 1 unspecified atom stereocenters. The van der Waals surface area contributed by atoms with Gasteiger partial charge in [0, 0.05) is 18.5 Å². The molecule has 0 saturated carbocycles. The molecule has 118 valence electrons. The zero-order valence-electron chi connectivity index (χ0n) is 12.7. The largest absolute Gasteiger partial charge is 0.375 e. The van der Waals surface area contributed by atoms with Crippen LogP contribution >= 0.6 is 0 Å². The fraction of sp³-hybridized carbons (Fsp3) is 0.312. The van der Waals surface area contributed by atoms with Gasteiger partial charge in [-0.25, -0.2) is 13.4 Å². The van der Waals surface area contributed by atoms with Crippen LogP contribution in [0.5, 0.6) is 0 Å². The van der Waals surface area contributed by atoms with Crippen molar-refractivity contribution in [2.24, 2.45) is 0 Å². The van der Waals surface area contributed by atoms with Crippen molar-refractivity contribution in [3.63, 3.8) is 0 Å². The van der Waals surface area contributed by atoms with Crippen molar-refractivity contribution in [3.8, 4) is 0 Å². The topological polar surface area (TPSA) is 68.3 Å². The molecule has 2 rings (SSSR count). The number of aromatic nitrogens is 1. The Labute approximate surface area is 131 Å². The molecule has 0 aliphatic carbocycles. The van der Waals surface area contributed by atoms with Gasteiger partial charge in [0.15, 0.2) is 9.84 Å². The Morgan fingerprint density at radius 3 is 2.59 bits per heavy atom. The number of sulfone groups is 1. The van der Waals surface area contributed by atoms with E-state index in [0.717, 1.165) is 5.56 Å². The molecule has 22 heavy (non-hydrogen) atoms. The van der Waals surface area contributed by atoms with Crippen molar-refractivity contribution < 1.29 is 13.2 Å². The van der Waals surface area contributed by atoms with Gasteiger partial charge in [-0.1, -0.05) is 30.3 Å². The van der Waals surface area contributed by atoms with Crippen LogP contribution in [0, 0.1) is 0 Å². The van der Waals surface area contributed by atoms with Crippen LogP contribution < -0.4 is 5.32 Å². The Hall–Kier alpha value is -1.92. The molecule has 5 nitrogen and oxygen atoms in total. The van der Waals surface area contributed by atoms with Gasteiger partial charge in [-0.2, -0.15) is 0 Å². The van der Waals surface area contributed by atoms with Crippen LogP contribution in [0.1, 0.15) is 12.5 Å². The van der Waals surface area contributed by atoms with Gasteiger partial charge in [0.2, 0.25) is 0 Å². The molecule has 1 aromatic carbocycles. The van der Waals surface area contributed by atoms with E-state index in [2.05, 4.69) is 10.3 Å². The van der Waals surface area contributed by atoms with Crippen molar-refractivity contribution in [1.29, 1.82) is 0 Å². The first kappa shape index (κ1) is 16.5. The quantitative estimate of drug-likeness (QED) is 0.849. The van der Waals surface area contributed by atoms with Crippen molar-refractivity contribution in [2.45, 2.75) is 24.5 Å². The SMILES string of the molecule is CC(COCc1ccccc1)Nc1ncccc1S(C)(=O)=O. The van der Waals surface area contributed by atoms with Crippen LogP contribution in [0.15, 0.2) is 53.6 Å². The van der Waals surface area contributed by atoms with Gasteiger partial charge in [-0.15, -0.1) is 0 Å². The molecule has 0 aliphatic heterocycles. The maximum Gasteiger partial charge on any atom is 0.179 e. The number of rotatable bonds is 7. The number of pyridine rings is 1. The van der Waals surface area contributed by atoms with Crippen LogP contribution in [0.4, 0.5) is 5.82 Å². The van der Waals surface area contributed by atoms with E-state index >= 15 is 0 Å². The molecule has 1 atom stereocenters. The van der Waals surface area contributed by atoms with Crippen LogP contribution in [-0.4, -0.2) is 32.3 Å². The summed E-state index contributed by atoms with van der Waals surface area (Å²) < 4.78 is 29.1. The zero-order valence-corrected chi connectivity index (χ0v) is 13.5. The minimum atomic E-state index is -3.31. The molecule has 2 aromatic rings. The van der Waals surface area contributed by atoms with Gasteiger partial charge < -0.3 is 10.1 Å². The van der Waals surface area contributed by atoms with Crippen LogP contribution in [0.25, 0.3) is 0 Å². The van der Waals surface area contributed by atoms with Crippen molar-refractivity contribution >= 4 is 15.7 Å². The number of hydrogen-bond acceptors (Lipinski definition) is 5. The maximum absolute atomic E-state index is 11.7. The highest BCUT2D eigenvalue weighted by Crippen LogP contribution is 2.18. The average Bonchev–Trinajstić information content (AvgIpc) is 2.48. The third kappa shape index (κ3) is 4.82. The van der Waals surface area contributed by atoms with Gasteiger partial charge in [0.1, 0.15) is 10.7 Å². The van der Waals surface area contributed by atoms with E-state index in [-0.39, 0.29) is 10.9 Å². The van der Waals surface area contributed by atoms with Gasteiger partial charge in [-0.3, -0.25) is 0 Å². The highest BCUT2D eigenvalue weighted by Gasteiger charge is 2.15. The molecule has 0 spiro atoms. The number of nitrogens with zero attached hydrogens (tertiary/aromatic N) is 1. The van der Waals surface area contributed by atoms with Gasteiger partial charge in [0.05, 0.1) is 13.2 Å². The summed E-state index contributed by atoms with van der Waals surface area (Å²) in [5, 5.41) is 3.09. The van der Waals surface area contributed by atoms with Crippen LogP contribution in [0.3, 0.4) is 0 Å². The second-order valence-electron chi connectivity index (χ2n) is 5.17. The monoisotopic (exact) mass is 320 g/mol. The first-order valence-corrected chi connectivity index (χ1v) is 8.89. The summed E-state index contributed by atoms with van der Waals surface area (Å²) >= 11 is 0. The lowest BCUT2D eigenvalue weighted by atomic mass is 10.2. The van der Waals surface area contributed by atoms with E-state index in [9.17, 15) is 8.42 Å². The molecule has 6 heteroatoms. The van der Waals surface area contributed by atoms with E-state index in [1.54, 1.807) is 18.3 Å². The highest BCUT2D eigenvalue weighted by atomic mass is 32.2. The second-order valence-corrected chi connectivity index (χ2v) is 7.15. The predicted octanol–water partition coefficient (Wildman–Crippen LogP) is 2.50. The van der Waals surface area contributed by atoms with E-state index in [1.165, 1.54) is 6.26 Å². The normalized spacial score (nSPS) is 12.8. The molecule has 0 aliphatic rings. The maximum atomic E-state index is 11.7. The molecule has 1 heterocycles. The van der Waals surface area contributed by atoms with E-state index in [4.69, 9.17) is 4.74 Å². The fourth-order valence-electron chi connectivity index (χ4n) is 2.00. The van der Waals surface area contributed by atoms with Gasteiger partial charge >= 0.3 is 0 Å². The van der Waals surface area contributed by atoms with Crippen molar-refractivity contribution in [2.75, 3.05) is 18.2 Å². The molecular formula is C16H20N2O3S. The highest BCUT2D eigenvalue weighted by molar-refractivity contribution is 7.90. The Bertz CT molecular complexity index is 702. The summed E-state index contributed by atoms with van der Waals surface area (Å²) in [5.74, 6) is 0.362. The standard InChI is InChI=1S/C16H20N2O3S/c1-13(11-21-12-14-7-4-3-5-8-14)18-16-15(22(2,19)20)9-6-10-17-16/h3-10,13H,11-12H2,1-2H3,(H,17,18). The molecule has 0 fully saturated rings. The Morgan fingerprint density at radius 2 is 1.91 bits per heavy atom. The lowest BCUT2D eigenvalue weighted by molar-refractivity contribution is 0.115. The fourth-order valence-corrected chi connectivity index (χ4v) is 2.79. The van der Waals surface area contributed by atoms with Crippen molar-refractivity contribution in [3.05, 3.63) is 54.2 Å². The van der Waals surface area contributed by atoms with Crippen LogP contribution in [-0.2, 0) is 21.2 Å². The second kappa shape index (κ2) is 7.38. The minimum absolute atomic E-state index is 0.0564. The first-order valence-electron chi connectivity index (χ1n) is 7.00. The minimum Gasteiger partial charge on any atom is -0.375 e. The Morgan fingerprint density at radius 1 is 1.18 bits per heavy atom. The molecule has 0 saturated heterocycles. The summed E-state index contributed by atoms with van der Waals surface area (Å²) in [6.45, 7) is 2.90. The molecule has 0 amide bonds. The average molecular weight is 320 g/mol. The number of hydrogen-bond donors (Lipinski definition) is 1. The number of benzene rings is 1. The molecule has 0 bridgehead atoms. The van der Waals surface area contributed by atoms with E-state index < -0.39 is 9.84 Å². The smallest absolute Gasteiger partial charge is 0.179 e. The third-order valence-electron chi connectivity index (χ3n) is 3.03. The number of anilines is 1. The molecular weight excluding hydrogens is 300 g/mol. The van der Waals surface area contributed by atoms with E-state index in [0.29, 0.717) is 19.0 Å². The third-order valence-corrected chi connectivity index (χ3v) is 4.16. The summed E-state index contributed by atoms with van der Waals surface area (Å²) in [4.78, 5) is 4.30. The van der Waals surface area contributed by atoms with Gasteiger partial charge in [0.25, 0.3) is 0 Å².